The number of nitrogens with one attached hydrogen (secondary N) is 1. The maximum absolute atomic E-state index is 12.2. The fraction of sp³-hybridized carbons (Fsp3) is 0.278. The Labute approximate surface area is 140 Å². The van der Waals surface area contributed by atoms with Gasteiger partial charge in [-0.15, -0.1) is 0 Å². The van der Waals surface area contributed by atoms with Gasteiger partial charge in [0, 0.05) is 36.2 Å². The van der Waals surface area contributed by atoms with Crippen LogP contribution in [-0.4, -0.2) is 25.5 Å². The number of anilines is 1. The summed E-state index contributed by atoms with van der Waals surface area (Å²) >= 11 is 0. The number of aromatic nitrogens is 4. The van der Waals surface area contributed by atoms with Gasteiger partial charge in [0.1, 0.15) is 5.82 Å². The third-order valence-electron chi connectivity index (χ3n) is 4.69. The maximum atomic E-state index is 12.2. The second-order valence-corrected chi connectivity index (χ2v) is 6.21. The fourth-order valence-corrected chi connectivity index (χ4v) is 3.58. The van der Waals surface area contributed by atoms with Gasteiger partial charge >= 0.3 is 0 Å². The minimum Gasteiger partial charge on any atom is -0.311 e. The summed E-state index contributed by atoms with van der Waals surface area (Å²) in [7, 11) is 1.84. The smallest absolute Gasteiger partial charge is 0.226 e. The molecule has 1 N–H and O–H groups in total. The summed E-state index contributed by atoms with van der Waals surface area (Å²) in [5.41, 5.74) is 5.20. The lowest BCUT2D eigenvalue weighted by atomic mass is 9.86. The van der Waals surface area contributed by atoms with Crippen LogP contribution < -0.4 is 5.32 Å². The van der Waals surface area contributed by atoms with E-state index in [-0.39, 0.29) is 11.8 Å². The predicted octanol–water partition coefficient (Wildman–Crippen LogP) is 2.70. The molecule has 122 valence electrons. The molecule has 1 aromatic carbocycles. The monoisotopic (exact) mass is 321 g/mol. The van der Waals surface area contributed by atoms with Crippen molar-refractivity contribution in [2.75, 3.05) is 5.32 Å². The molecule has 0 aliphatic carbocycles. The summed E-state index contributed by atoms with van der Waals surface area (Å²) in [4.78, 5) is 12.2. The summed E-state index contributed by atoms with van der Waals surface area (Å²) in [5.74, 6) is 0.782. The van der Waals surface area contributed by atoms with E-state index >= 15 is 0 Å². The van der Waals surface area contributed by atoms with Crippen LogP contribution >= 0.6 is 0 Å². The van der Waals surface area contributed by atoms with Crippen molar-refractivity contribution in [1.29, 1.82) is 0 Å². The molecule has 0 spiro atoms. The normalized spacial score (nSPS) is 16.8. The van der Waals surface area contributed by atoms with Crippen molar-refractivity contribution in [3.8, 4) is 5.69 Å². The second-order valence-electron chi connectivity index (χ2n) is 6.21. The van der Waals surface area contributed by atoms with Crippen molar-refractivity contribution in [3.63, 3.8) is 0 Å². The van der Waals surface area contributed by atoms with Gasteiger partial charge in [-0.25, -0.2) is 4.68 Å². The Kier molecular flexibility index (Phi) is 3.26. The molecule has 4 rings (SSSR count). The molecule has 0 radical (unpaired) electrons. The topological polar surface area (TPSA) is 64.7 Å². The van der Waals surface area contributed by atoms with Gasteiger partial charge in [0.15, 0.2) is 0 Å². The Morgan fingerprint density at radius 2 is 1.96 bits per heavy atom. The predicted molar refractivity (Wildman–Crippen MR) is 91.3 cm³/mol. The van der Waals surface area contributed by atoms with E-state index in [4.69, 9.17) is 5.10 Å². The Bertz CT molecular complexity index is 923. The van der Waals surface area contributed by atoms with E-state index < -0.39 is 0 Å². The highest BCUT2D eigenvalue weighted by molar-refractivity contribution is 5.94. The summed E-state index contributed by atoms with van der Waals surface area (Å²) in [6.45, 7) is 4.06. The molecular weight excluding hydrogens is 302 g/mol. The van der Waals surface area contributed by atoms with Gasteiger partial charge in [-0.3, -0.25) is 9.48 Å². The van der Waals surface area contributed by atoms with Gasteiger partial charge in [0.25, 0.3) is 0 Å². The number of nitrogens with zero attached hydrogens (tertiary/aromatic N) is 4. The molecule has 1 atom stereocenters. The van der Waals surface area contributed by atoms with Gasteiger partial charge in [0.2, 0.25) is 5.91 Å². The van der Waals surface area contributed by atoms with E-state index in [1.54, 1.807) is 4.68 Å². The molecule has 0 bridgehead atoms. The van der Waals surface area contributed by atoms with Gasteiger partial charge in [0.05, 0.1) is 17.6 Å². The lowest BCUT2D eigenvalue weighted by molar-refractivity contribution is -0.116. The van der Waals surface area contributed by atoms with Crippen molar-refractivity contribution in [2.24, 2.45) is 7.05 Å². The number of aryl methyl sites for hydroxylation is 2. The van der Waals surface area contributed by atoms with Crippen LogP contribution in [0, 0.1) is 13.8 Å². The van der Waals surface area contributed by atoms with Gasteiger partial charge in [-0.2, -0.15) is 10.2 Å². The zero-order chi connectivity index (χ0) is 16.8. The largest absolute Gasteiger partial charge is 0.311 e. The fourth-order valence-electron chi connectivity index (χ4n) is 3.58. The zero-order valence-electron chi connectivity index (χ0n) is 13.9. The van der Waals surface area contributed by atoms with Crippen molar-refractivity contribution < 1.29 is 4.79 Å². The van der Waals surface area contributed by atoms with Gasteiger partial charge in [-0.1, -0.05) is 18.2 Å². The number of rotatable bonds is 2. The van der Waals surface area contributed by atoms with Crippen molar-refractivity contribution in [1.82, 2.24) is 19.6 Å². The number of hydrogen-bond donors (Lipinski definition) is 1. The molecule has 0 saturated heterocycles. The highest BCUT2D eigenvalue weighted by Crippen LogP contribution is 2.39. The molecule has 24 heavy (non-hydrogen) atoms. The van der Waals surface area contributed by atoms with Crippen LogP contribution in [0.4, 0.5) is 5.82 Å². The van der Waals surface area contributed by atoms with Gasteiger partial charge < -0.3 is 5.32 Å². The van der Waals surface area contributed by atoms with Crippen LogP contribution in [0.3, 0.4) is 0 Å². The summed E-state index contributed by atoms with van der Waals surface area (Å²) in [6.07, 6.45) is 2.26. The zero-order valence-corrected chi connectivity index (χ0v) is 13.9. The number of hydrogen-bond acceptors (Lipinski definition) is 3. The molecule has 1 aliphatic heterocycles. The molecule has 6 nitrogen and oxygen atoms in total. The maximum Gasteiger partial charge on any atom is 0.226 e. The van der Waals surface area contributed by atoms with Crippen LogP contribution in [0.15, 0.2) is 36.5 Å². The van der Waals surface area contributed by atoms with Crippen molar-refractivity contribution >= 4 is 11.7 Å². The molecule has 0 fully saturated rings. The molecule has 6 heteroatoms. The summed E-state index contributed by atoms with van der Waals surface area (Å²) in [5, 5.41) is 11.9. The average molecular weight is 321 g/mol. The molecule has 3 aromatic rings. The van der Waals surface area contributed by atoms with Crippen LogP contribution in [0.25, 0.3) is 5.69 Å². The summed E-state index contributed by atoms with van der Waals surface area (Å²) in [6, 6.07) is 10.1. The van der Waals surface area contributed by atoms with E-state index in [9.17, 15) is 4.79 Å². The quantitative estimate of drug-likeness (QED) is 0.789. The van der Waals surface area contributed by atoms with Crippen LogP contribution in [0.1, 0.15) is 34.9 Å². The first-order valence-electron chi connectivity index (χ1n) is 7.99. The van der Waals surface area contributed by atoms with E-state index in [2.05, 4.69) is 17.3 Å². The van der Waals surface area contributed by atoms with Crippen LogP contribution in [0.5, 0.6) is 0 Å². The lowest BCUT2D eigenvalue weighted by Crippen LogP contribution is -2.24. The minimum absolute atomic E-state index is 0.0140. The molecular formula is C18H19N5O. The van der Waals surface area contributed by atoms with E-state index in [0.29, 0.717) is 6.42 Å². The summed E-state index contributed by atoms with van der Waals surface area (Å²) < 4.78 is 3.67. The Morgan fingerprint density at radius 1 is 1.21 bits per heavy atom. The molecule has 0 unspecified atom stereocenters. The highest BCUT2D eigenvalue weighted by Gasteiger charge is 2.33. The number of fused-ring (bicyclic) bond motifs is 1. The number of carbonyl (C=O) groups excluding carboxylic acids is 1. The first kappa shape index (κ1) is 14.7. The van der Waals surface area contributed by atoms with Crippen LogP contribution in [0.2, 0.25) is 0 Å². The Morgan fingerprint density at radius 3 is 2.71 bits per heavy atom. The first-order chi connectivity index (χ1) is 11.6. The first-order valence-corrected chi connectivity index (χ1v) is 7.99. The van der Waals surface area contributed by atoms with Gasteiger partial charge in [-0.05, 0) is 26.0 Å². The molecule has 1 aliphatic rings. The average Bonchev–Trinajstić information content (AvgIpc) is 3.08. The van der Waals surface area contributed by atoms with Crippen LogP contribution in [-0.2, 0) is 11.8 Å². The molecule has 2 aromatic heterocycles. The minimum atomic E-state index is -0.0140. The molecule has 1 amide bonds. The molecule has 3 heterocycles. The van der Waals surface area contributed by atoms with E-state index in [1.807, 2.05) is 55.2 Å². The number of carbonyl (C=O) groups is 1. The standard InChI is InChI=1S/C18H19N5O/c1-11-17(12(2)23(21-11)13-7-5-4-6-8-13)14-9-16(24)20-18-15(14)10-19-22(18)3/h4-8,10,14H,9H2,1-3H3,(H,20,24)/t14-/m1/s1. The van der Waals surface area contributed by atoms with Crippen molar-refractivity contribution in [3.05, 3.63) is 59.0 Å². The van der Waals surface area contributed by atoms with Crippen molar-refractivity contribution in [2.45, 2.75) is 26.2 Å². The number of benzene rings is 1. The van der Waals surface area contributed by atoms with E-state index in [0.717, 1.165) is 34.0 Å². The molecule has 0 saturated carbocycles. The Balaban J connectivity index is 1.86. The lowest BCUT2D eigenvalue weighted by Gasteiger charge is -2.23. The highest BCUT2D eigenvalue weighted by atomic mass is 16.1. The third kappa shape index (κ3) is 2.14. The number of amides is 1. The number of para-hydroxylation sites is 1. The SMILES string of the molecule is Cc1nn(-c2ccccc2)c(C)c1[C@@H]1CC(=O)Nc2c1cnn2C. The third-order valence-corrected chi connectivity index (χ3v) is 4.69. The second kappa shape index (κ2) is 5.33. The van der Waals surface area contributed by atoms with E-state index in [1.165, 1.54) is 0 Å². The Hall–Kier alpha value is -2.89.